The molecule has 1 radical (unpaired) electrons. The molecule has 11 heavy (non-hydrogen) atoms. The van der Waals surface area contributed by atoms with Gasteiger partial charge in [0.15, 0.2) is 0 Å². The lowest BCUT2D eigenvalue weighted by molar-refractivity contribution is -0.231. The van der Waals surface area contributed by atoms with Gasteiger partial charge in [-0.05, 0) is 18.2 Å². The Kier molecular flexibility index (Phi) is 2.19. The zero-order valence-electron chi connectivity index (χ0n) is 5.97. The molecule has 0 fully saturated rings. The first-order chi connectivity index (χ1) is 5.17. The van der Waals surface area contributed by atoms with Crippen molar-refractivity contribution in [1.82, 2.24) is 0 Å². The number of hydrogen-bond donors (Lipinski definition) is 0. The van der Waals surface area contributed by atoms with E-state index in [1.54, 1.807) is 0 Å². The quantitative estimate of drug-likeness (QED) is 0.639. The maximum atomic E-state index is 12.6. The Morgan fingerprint density at radius 3 is 2.36 bits per heavy atom. The average molecular weight is 157 g/mol. The molecule has 0 saturated carbocycles. The van der Waals surface area contributed by atoms with E-state index in [0.29, 0.717) is 0 Å². The molecule has 1 nitrogen and oxygen atoms in total. The standard InChI is InChI=1S/C8H7F2O/c1-11-8(9,10)7-5-3-2-4-6-7/h3-6H,1H3. The number of benzene rings is 1. The minimum Gasteiger partial charge on any atom is -0.320 e. The summed E-state index contributed by atoms with van der Waals surface area (Å²) in [4.78, 5) is 0. The van der Waals surface area contributed by atoms with Gasteiger partial charge in [-0.3, -0.25) is 0 Å². The molecular weight excluding hydrogens is 150 g/mol. The smallest absolute Gasteiger partial charge is 0.320 e. The second-order valence-corrected chi connectivity index (χ2v) is 2.01. The molecule has 0 atom stereocenters. The molecular formula is C8H7F2O. The summed E-state index contributed by atoms with van der Waals surface area (Å²) in [5, 5.41) is 0. The van der Waals surface area contributed by atoms with E-state index in [1.807, 2.05) is 0 Å². The van der Waals surface area contributed by atoms with Crippen molar-refractivity contribution in [2.75, 3.05) is 7.11 Å². The monoisotopic (exact) mass is 157 g/mol. The maximum absolute atomic E-state index is 12.6. The predicted molar refractivity (Wildman–Crippen MR) is 36.2 cm³/mol. The van der Waals surface area contributed by atoms with Gasteiger partial charge in [0.05, 0.1) is 5.56 Å². The van der Waals surface area contributed by atoms with Crippen LogP contribution in [-0.2, 0) is 10.8 Å². The van der Waals surface area contributed by atoms with E-state index in [-0.39, 0.29) is 5.56 Å². The van der Waals surface area contributed by atoms with E-state index in [0.717, 1.165) is 7.11 Å². The van der Waals surface area contributed by atoms with Crippen LogP contribution in [0.25, 0.3) is 0 Å². The van der Waals surface area contributed by atoms with Crippen LogP contribution < -0.4 is 0 Å². The van der Waals surface area contributed by atoms with E-state index in [2.05, 4.69) is 10.8 Å². The maximum Gasteiger partial charge on any atom is 0.383 e. The summed E-state index contributed by atoms with van der Waals surface area (Å²) in [6, 6.07) is 8.01. The third-order valence-electron chi connectivity index (χ3n) is 1.31. The van der Waals surface area contributed by atoms with E-state index in [4.69, 9.17) is 0 Å². The molecule has 0 bridgehead atoms. The summed E-state index contributed by atoms with van der Waals surface area (Å²) in [7, 11) is 0.969. The molecule has 0 spiro atoms. The third kappa shape index (κ3) is 1.74. The summed E-state index contributed by atoms with van der Waals surface area (Å²) < 4.78 is 29.3. The Hall–Kier alpha value is -0.960. The van der Waals surface area contributed by atoms with E-state index < -0.39 is 6.11 Å². The van der Waals surface area contributed by atoms with Crippen molar-refractivity contribution in [1.29, 1.82) is 0 Å². The van der Waals surface area contributed by atoms with Gasteiger partial charge in [-0.15, -0.1) is 0 Å². The van der Waals surface area contributed by atoms with Gasteiger partial charge in [-0.25, -0.2) is 0 Å². The minimum atomic E-state index is -3.19. The highest BCUT2D eigenvalue weighted by Crippen LogP contribution is 2.27. The molecule has 0 aliphatic heterocycles. The Labute approximate surface area is 63.6 Å². The Balaban J connectivity index is 2.93. The topological polar surface area (TPSA) is 9.23 Å². The molecule has 0 aliphatic carbocycles. The molecule has 1 rings (SSSR count). The number of alkyl halides is 2. The Morgan fingerprint density at radius 1 is 1.36 bits per heavy atom. The summed E-state index contributed by atoms with van der Waals surface area (Å²) in [6.45, 7) is 0. The fourth-order valence-electron chi connectivity index (χ4n) is 0.699. The Bertz CT molecular complexity index is 221. The lowest BCUT2D eigenvalue weighted by Gasteiger charge is -2.12. The molecule has 3 heteroatoms. The van der Waals surface area contributed by atoms with Gasteiger partial charge >= 0.3 is 6.11 Å². The van der Waals surface area contributed by atoms with Crippen LogP contribution in [0.5, 0.6) is 0 Å². The third-order valence-corrected chi connectivity index (χ3v) is 1.31. The summed E-state index contributed by atoms with van der Waals surface area (Å²) in [5.41, 5.74) is -0.154. The molecule has 0 aromatic heterocycles. The van der Waals surface area contributed by atoms with E-state index in [1.165, 1.54) is 24.3 Å². The summed E-state index contributed by atoms with van der Waals surface area (Å²) in [5.74, 6) is 0. The summed E-state index contributed by atoms with van der Waals surface area (Å²) >= 11 is 0. The molecule has 0 saturated heterocycles. The molecule has 0 heterocycles. The molecule has 0 amide bonds. The van der Waals surface area contributed by atoms with E-state index in [9.17, 15) is 8.78 Å². The van der Waals surface area contributed by atoms with Gasteiger partial charge in [0.1, 0.15) is 0 Å². The van der Waals surface area contributed by atoms with Crippen molar-refractivity contribution in [2.24, 2.45) is 0 Å². The first-order valence-corrected chi connectivity index (χ1v) is 3.06. The lowest BCUT2D eigenvalue weighted by Crippen LogP contribution is -2.15. The number of ether oxygens (including phenoxy) is 1. The van der Waals surface area contributed by atoms with Crippen molar-refractivity contribution in [3.05, 3.63) is 35.9 Å². The van der Waals surface area contributed by atoms with Crippen LogP contribution in [0.2, 0.25) is 0 Å². The van der Waals surface area contributed by atoms with Gasteiger partial charge in [-0.2, -0.15) is 8.78 Å². The van der Waals surface area contributed by atoms with Crippen LogP contribution in [0.1, 0.15) is 5.56 Å². The first-order valence-electron chi connectivity index (χ1n) is 3.06. The predicted octanol–water partition coefficient (Wildman–Crippen LogP) is 2.18. The van der Waals surface area contributed by atoms with Gasteiger partial charge < -0.3 is 4.74 Å². The van der Waals surface area contributed by atoms with Crippen LogP contribution >= 0.6 is 0 Å². The zero-order valence-corrected chi connectivity index (χ0v) is 5.97. The number of hydrogen-bond acceptors (Lipinski definition) is 1. The van der Waals surface area contributed by atoms with Gasteiger partial charge in [-0.1, -0.05) is 12.1 Å². The second kappa shape index (κ2) is 2.96. The largest absolute Gasteiger partial charge is 0.383 e. The van der Waals surface area contributed by atoms with Crippen LogP contribution in [-0.4, -0.2) is 7.11 Å². The fourth-order valence-corrected chi connectivity index (χ4v) is 0.699. The van der Waals surface area contributed by atoms with Crippen LogP contribution in [0.4, 0.5) is 8.78 Å². The normalized spacial score (nSPS) is 11.5. The highest BCUT2D eigenvalue weighted by molar-refractivity contribution is 5.16. The fraction of sp³-hybridized carbons (Fsp3) is 0.250. The van der Waals surface area contributed by atoms with Crippen molar-refractivity contribution in [2.45, 2.75) is 6.11 Å². The second-order valence-electron chi connectivity index (χ2n) is 2.01. The van der Waals surface area contributed by atoms with Crippen molar-refractivity contribution in [3.63, 3.8) is 0 Å². The van der Waals surface area contributed by atoms with Crippen molar-refractivity contribution < 1.29 is 13.5 Å². The van der Waals surface area contributed by atoms with Crippen molar-refractivity contribution in [3.8, 4) is 0 Å². The SMILES string of the molecule is COC(F)(F)c1cc[c]cc1. The first kappa shape index (κ1) is 8.14. The zero-order chi connectivity index (χ0) is 8.32. The van der Waals surface area contributed by atoms with Gasteiger partial charge in [0.2, 0.25) is 0 Å². The number of halogens is 2. The van der Waals surface area contributed by atoms with Crippen LogP contribution in [0, 0.1) is 6.07 Å². The number of methoxy groups -OCH3 is 1. The Morgan fingerprint density at radius 2 is 1.91 bits per heavy atom. The molecule has 1 aromatic carbocycles. The summed E-state index contributed by atoms with van der Waals surface area (Å²) in [6.07, 6.45) is -3.19. The van der Waals surface area contributed by atoms with E-state index >= 15 is 0 Å². The molecule has 59 valence electrons. The average Bonchev–Trinajstić information content (AvgIpc) is 2.06. The van der Waals surface area contributed by atoms with Gasteiger partial charge in [0, 0.05) is 7.11 Å². The van der Waals surface area contributed by atoms with Crippen LogP contribution in [0.3, 0.4) is 0 Å². The molecule has 0 aliphatic rings. The molecule has 1 aromatic rings. The highest BCUT2D eigenvalue weighted by atomic mass is 19.3. The molecule has 0 unspecified atom stereocenters. The molecule has 0 N–H and O–H groups in total. The highest BCUT2D eigenvalue weighted by Gasteiger charge is 2.30. The minimum absolute atomic E-state index is 0.154. The van der Waals surface area contributed by atoms with Gasteiger partial charge in [0.25, 0.3) is 0 Å². The number of rotatable bonds is 2. The lowest BCUT2D eigenvalue weighted by atomic mass is 10.2. The van der Waals surface area contributed by atoms with Crippen molar-refractivity contribution >= 4 is 0 Å². The van der Waals surface area contributed by atoms with Crippen LogP contribution in [0.15, 0.2) is 24.3 Å².